The van der Waals surface area contributed by atoms with E-state index in [0.29, 0.717) is 30.9 Å². The highest BCUT2D eigenvalue weighted by Crippen LogP contribution is 2.54. The molecule has 0 radical (unpaired) electrons. The molecular weight excluding hydrogens is 540 g/mol. The zero-order valence-corrected chi connectivity index (χ0v) is 26.8. The van der Waals surface area contributed by atoms with Crippen LogP contribution < -0.4 is 14.8 Å². The molecule has 3 aliphatic rings. The second-order valence-corrected chi connectivity index (χ2v) is 13.9. The highest BCUT2D eigenvalue weighted by Gasteiger charge is 2.48. The average Bonchev–Trinajstić information content (AvgIpc) is 2.90. The van der Waals surface area contributed by atoms with E-state index in [4.69, 9.17) is 9.47 Å². The standard InChI is InChI=1S/C36H44N2O5/c1-9-42-30-15-23(11-13-29(30)43-20-31(41)37-24-12-10-21(2)14-22(24)3)32-33-25(16-35(4,5)18-27(33)39)38(8)26-17-36(6,7)19-28(40)34(26)32/h10-15,32H,9,16-20H2,1-8H3,(H,37,41). The molecule has 0 saturated carbocycles. The molecular formula is C36H44N2O5. The molecule has 0 saturated heterocycles. The van der Waals surface area contributed by atoms with Crippen molar-refractivity contribution in [1.82, 2.24) is 4.90 Å². The Balaban J connectivity index is 1.50. The van der Waals surface area contributed by atoms with Crippen molar-refractivity contribution in [3.8, 4) is 11.5 Å². The molecule has 228 valence electrons. The Bertz CT molecular complexity index is 1510. The molecule has 0 bridgehead atoms. The van der Waals surface area contributed by atoms with Gasteiger partial charge >= 0.3 is 0 Å². The Morgan fingerprint density at radius 2 is 1.47 bits per heavy atom. The number of nitrogens with zero attached hydrogens (tertiary/aromatic N) is 1. The Hall–Kier alpha value is -3.87. The fourth-order valence-corrected chi connectivity index (χ4v) is 6.87. The van der Waals surface area contributed by atoms with Gasteiger partial charge in [-0.05, 0) is 73.8 Å². The Morgan fingerprint density at radius 3 is 2.02 bits per heavy atom. The third kappa shape index (κ3) is 6.13. The van der Waals surface area contributed by atoms with Crippen LogP contribution in [0.2, 0.25) is 0 Å². The first-order valence-electron chi connectivity index (χ1n) is 15.2. The lowest BCUT2D eigenvalue weighted by molar-refractivity contribution is -0.120. The van der Waals surface area contributed by atoms with E-state index in [1.165, 1.54) is 0 Å². The minimum Gasteiger partial charge on any atom is -0.490 e. The van der Waals surface area contributed by atoms with Gasteiger partial charge in [-0.1, -0.05) is 51.5 Å². The van der Waals surface area contributed by atoms with Crippen LogP contribution in [-0.2, 0) is 14.4 Å². The molecule has 5 rings (SSSR count). The van der Waals surface area contributed by atoms with Crippen molar-refractivity contribution in [3.05, 3.63) is 75.6 Å². The van der Waals surface area contributed by atoms with Crippen molar-refractivity contribution in [3.63, 3.8) is 0 Å². The number of carbonyl (C=O) groups excluding carboxylic acids is 3. The minimum atomic E-state index is -0.463. The van der Waals surface area contributed by atoms with Gasteiger partial charge in [0.15, 0.2) is 29.7 Å². The fourth-order valence-electron chi connectivity index (χ4n) is 6.87. The van der Waals surface area contributed by atoms with Crippen molar-refractivity contribution in [2.24, 2.45) is 10.8 Å². The van der Waals surface area contributed by atoms with Crippen molar-refractivity contribution in [2.45, 2.75) is 80.1 Å². The number of hydrogen-bond donors (Lipinski definition) is 1. The first-order chi connectivity index (χ1) is 20.2. The van der Waals surface area contributed by atoms with E-state index < -0.39 is 5.92 Å². The predicted octanol–water partition coefficient (Wildman–Crippen LogP) is 7.04. The summed E-state index contributed by atoms with van der Waals surface area (Å²) in [5, 5.41) is 2.91. The van der Waals surface area contributed by atoms with Crippen molar-refractivity contribution in [2.75, 3.05) is 25.6 Å². The Kier molecular flexibility index (Phi) is 8.05. The number of amides is 1. The van der Waals surface area contributed by atoms with Gasteiger partial charge in [-0.25, -0.2) is 0 Å². The van der Waals surface area contributed by atoms with Gasteiger partial charge in [0, 0.05) is 54.0 Å². The molecule has 0 aromatic heterocycles. The number of Topliss-reactive ketones (excluding diaryl/α,β-unsaturated/α-hetero) is 2. The van der Waals surface area contributed by atoms with E-state index in [2.05, 4.69) is 37.9 Å². The number of rotatable bonds is 7. The monoisotopic (exact) mass is 584 g/mol. The van der Waals surface area contributed by atoms with Gasteiger partial charge in [0.25, 0.3) is 5.91 Å². The molecule has 43 heavy (non-hydrogen) atoms. The summed E-state index contributed by atoms with van der Waals surface area (Å²) in [7, 11) is 2.01. The number of benzene rings is 2. The molecule has 2 aliphatic carbocycles. The van der Waals surface area contributed by atoms with Crippen LogP contribution in [0.1, 0.15) is 82.9 Å². The summed E-state index contributed by atoms with van der Waals surface area (Å²) in [5.41, 5.74) is 6.82. The first-order valence-corrected chi connectivity index (χ1v) is 15.2. The average molecular weight is 585 g/mol. The van der Waals surface area contributed by atoms with Crippen LogP contribution >= 0.6 is 0 Å². The number of nitrogens with one attached hydrogen (secondary N) is 1. The van der Waals surface area contributed by atoms with Crippen LogP contribution in [0.25, 0.3) is 0 Å². The number of allylic oxidation sites excluding steroid dienone is 4. The van der Waals surface area contributed by atoms with Gasteiger partial charge in [-0.3, -0.25) is 14.4 Å². The summed E-state index contributed by atoms with van der Waals surface area (Å²) >= 11 is 0. The fraction of sp³-hybridized carbons (Fsp3) is 0.472. The maximum Gasteiger partial charge on any atom is 0.262 e. The summed E-state index contributed by atoms with van der Waals surface area (Å²) in [4.78, 5) is 42.5. The Labute approximate surface area is 255 Å². The molecule has 0 unspecified atom stereocenters. The van der Waals surface area contributed by atoms with Gasteiger partial charge in [-0.2, -0.15) is 0 Å². The molecule has 7 heteroatoms. The third-order valence-corrected chi connectivity index (χ3v) is 8.80. The zero-order valence-electron chi connectivity index (χ0n) is 26.8. The highest BCUT2D eigenvalue weighted by atomic mass is 16.5. The van der Waals surface area contributed by atoms with Crippen LogP contribution in [0.3, 0.4) is 0 Å². The number of ether oxygens (including phenoxy) is 2. The summed E-state index contributed by atoms with van der Waals surface area (Å²) in [6, 6.07) is 11.4. The smallest absolute Gasteiger partial charge is 0.262 e. The first kappa shape index (κ1) is 30.6. The number of carbonyl (C=O) groups is 3. The summed E-state index contributed by atoms with van der Waals surface area (Å²) in [6.45, 7) is 14.6. The molecule has 1 aliphatic heterocycles. The van der Waals surface area contributed by atoms with E-state index in [-0.39, 0.29) is 34.9 Å². The summed E-state index contributed by atoms with van der Waals surface area (Å²) < 4.78 is 11.9. The van der Waals surface area contributed by atoms with Crippen LogP contribution in [0.5, 0.6) is 11.5 Å². The second-order valence-electron chi connectivity index (χ2n) is 13.9. The van der Waals surface area contributed by atoms with Crippen LogP contribution in [0.15, 0.2) is 58.9 Å². The quantitative estimate of drug-likeness (QED) is 0.376. The predicted molar refractivity (Wildman–Crippen MR) is 168 cm³/mol. The van der Waals surface area contributed by atoms with E-state index in [1.807, 2.05) is 58.2 Å². The number of ketones is 2. The lowest BCUT2D eigenvalue weighted by atomic mass is 9.64. The van der Waals surface area contributed by atoms with Crippen LogP contribution in [0.4, 0.5) is 5.69 Å². The molecule has 0 atom stereocenters. The van der Waals surface area contributed by atoms with Crippen molar-refractivity contribution >= 4 is 23.2 Å². The van der Waals surface area contributed by atoms with Gasteiger partial charge in [0.1, 0.15) is 0 Å². The molecule has 1 amide bonds. The number of anilines is 1. The van der Waals surface area contributed by atoms with Gasteiger partial charge in [-0.15, -0.1) is 0 Å². The van der Waals surface area contributed by atoms with E-state index in [1.54, 1.807) is 6.07 Å². The lowest BCUT2D eigenvalue weighted by Gasteiger charge is -2.47. The van der Waals surface area contributed by atoms with Gasteiger partial charge in [0.2, 0.25) is 0 Å². The molecule has 0 spiro atoms. The largest absolute Gasteiger partial charge is 0.490 e. The van der Waals surface area contributed by atoms with Crippen molar-refractivity contribution < 1.29 is 23.9 Å². The topological polar surface area (TPSA) is 84.9 Å². The third-order valence-electron chi connectivity index (χ3n) is 8.80. The van der Waals surface area contributed by atoms with Gasteiger partial charge in [0.05, 0.1) is 6.61 Å². The summed E-state index contributed by atoms with van der Waals surface area (Å²) in [6.07, 6.45) is 2.41. The zero-order chi connectivity index (χ0) is 31.3. The SMILES string of the molecule is CCOc1cc(C2C3=C(CC(C)(C)CC3=O)N(C)C3=C2C(=O)CC(C)(C)C3)ccc1OCC(=O)Nc1ccc(C)cc1C. The van der Waals surface area contributed by atoms with Crippen LogP contribution in [-0.4, -0.2) is 42.6 Å². The van der Waals surface area contributed by atoms with E-state index in [9.17, 15) is 14.4 Å². The maximum absolute atomic E-state index is 13.8. The van der Waals surface area contributed by atoms with Gasteiger partial charge < -0.3 is 19.7 Å². The molecule has 2 aromatic rings. The molecule has 0 fully saturated rings. The molecule has 7 nitrogen and oxygen atoms in total. The van der Waals surface area contributed by atoms with E-state index in [0.717, 1.165) is 57.8 Å². The molecule has 1 heterocycles. The maximum atomic E-state index is 13.8. The normalized spacial score (nSPS) is 19.7. The van der Waals surface area contributed by atoms with Crippen LogP contribution in [0, 0.1) is 24.7 Å². The summed E-state index contributed by atoms with van der Waals surface area (Å²) in [5.74, 6) is 0.362. The van der Waals surface area contributed by atoms with Crippen molar-refractivity contribution in [1.29, 1.82) is 0 Å². The molecule has 1 N–H and O–H groups in total. The Morgan fingerprint density at radius 1 is 0.860 bits per heavy atom. The minimum absolute atomic E-state index is 0.0913. The van der Waals surface area contributed by atoms with E-state index >= 15 is 0 Å². The second kappa shape index (κ2) is 11.3. The number of aryl methyl sites for hydroxylation is 2. The molecule has 2 aromatic carbocycles. The highest BCUT2D eigenvalue weighted by molar-refractivity contribution is 6.06. The lowest BCUT2D eigenvalue weighted by Crippen LogP contribution is -2.43. The number of hydrogen-bond acceptors (Lipinski definition) is 6.